The lowest BCUT2D eigenvalue weighted by Gasteiger charge is -2.37. The molecule has 1 heterocycles. The van der Waals surface area contributed by atoms with Crippen LogP contribution in [0.1, 0.15) is 42.4 Å². The highest BCUT2D eigenvalue weighted by Gasteiger charge is 2.73. The van der Waals surface area contributed by atoms with E-state index in [9.17, 15) is 26.3 Å². The first kappa shape index (κ1) is 35.8. The largest absolute Gasteiger partial charge is 0.493 e. The molecule has 0 atom stereocenters. The smallest absolute Gasteiger partial charge is 0.430 e. The van der Waals surface area contributed by atoms with Gasteiger partial charge in [-0.25, -0.2) is 0 Å². The Kier molecular flexibility index (Phi) is 11.5. The first-order chi connectivity index (χ1) is 21.6. The Labute approximate surface area is 267 Å². The van der Waals surface area contributed by atoms with E-state index in [4.69, 9.17) is 18.9 Å². The Bertz CT molecular complexity index is 1410. The van der Waals surface area contributed by atoms with Crippen molar-refractivity contribution in [2.24, 2.45) is 0 Å². The van der Waals surface area contributed by atoms with Crippen molar-refractivity contribution in [3.05, 3.63) is 77.6 Å². The lowest BCUT2D eigenvalue weighted by atomic mass is 9.86. The van der Waals surface area contributed by atoms with Crippen molar-refractivity contribution < 1.29 is 45.3 Å². The number of nitrogens with zero attached hydrogens (tertiary/aromatic N) is 1. The summed E-state index contributed by atoms with van der Waals surface area (Å²) in [6, 6.07) is 12.1. The Balaban J connectivity index is 1.80. The summed E-state index contributed by atoms with van der Waals surface area (Å²) in [6.07, 6.45) is -3.97. The number of halogens is 6. The van der Waals surface area contributed by atoms with E-state index >= 15 is 0 Å². The number of alkyl halides is 6. The van der Waals surface area contributed by atoms with Gasteiger partial charge in [0.05, 0.1) is 13.2 Å². The number of hydrogen-bond acceptors (Lipinski definition) is 5. The van der Waals surface area contributed by atoms with Crippen LogP contribution in [0.3, 0.4) is 0 Å². The molecule has 1 fully saturated rings. The van der Waals surface area contributed by atoms with Crippen LogP contribution in [-0.4, -0.2) is 52.0 Å². The molecule has 1 saturated carbocycles. The number of rotatable bonds is 14. The minimum atomic E-state index is -5.85. The standard InChI is InChI=1S/C34H41F6NO4Si/c1-42-30-14-12-26(21-31(30)45-28-7-5-6-8-28)29-22-27(13-11-25(29)10-9-24-15-17-41-18-16-24)32(33(35,36)37,34(38,39)40)44-23-43-19-20-46(2,3)4/h11-18,21-22,28H,5-10,19-20,23H2,1-4H3. The van der Waals surface area contributed by atoms with Gasteiger partial charge in [-0.1, -0.05) is 37.8 Å². The summed E-state index contributed by atoms with van der Waals surface area (Å²) in [6.45, 7) is 4.89. The maximum Gasteiger partial charge on any atom is 0.430 e. The molecule has 252 valence electrons. The van der Waals surface area contributed by atoms with Crippen LogP contribution < -0.4 is 9.47 Å². The van der Waals surface area contributed by atoms with Crippen molar-refractivity contribution >= 4 is 8.07 Å². The van der Waals surface area contributed by atoms with Crippen LogP contribution in [0.15, 0.2) is 60.9 Å². The van der Waals surface area contributed by atoms with E-state index in [1.807, 2.05) is 31.8 Å². The normalized spacial score (nSPS) is 14.9. The summed E-state index contributed by atoms with van der Waals surface area (Å²) in [5.41, 5.74) is -3.63. The van der Waals surface area contributed by atoms with Crippen LogP contribution in [0.5, 0.6) is 11.5 Å². The molecular weight excluding hydrogens is 628 g/mol. The first-order valence-corrected chi connectivity index (χ1v) is 19.1. The summed E-state index contributed by atoms with van der Waals surface area (Å²) < 4.78 is 110. The zero-order valence-electron chi connectivity index (χ0n) is 26.6. The fraction of sp³-hybridized carbons (Fsp3) is 0.500. The molecule has 0 spiro atoms. The number of pyridine rings is 1. The highest BCUT2D eigenvalue weighted by Crippen LogP contribution is 2.54. The van der Waals surface area contributed by atoms with Gasteiger partial charge in [-0.15, -0.1) is 0 Å². The number of aromatic nitrogens is 1. The third-order valence-corrected chi connectivity index (χ3v) is 9.88. The first-order valence-electron chi connectivity index (χ1n) is 15.4. The third kappa shape index (κ3) is 8.63. The second-order valence-corrected chi connectivity index (χ2v) is 18.4. The summed E-state index contributed by atoms with van der Waals surface area (Å²) in [5.74, 6) is 0.797. The van der Waals surface area contributed by atoms with E-state index in [0.717, 1.165) is 43.4 Å². The molecule has 1 aliphatic rings. The van der Waals surface area contributed by atoms with Gasteiger partial charge in [-0.2, -0.15) is 26.3 Å². The predicted molar refractivity (Wildman–Crippen MR) is 167 cm³/mol. The molecule has 12 heteroatoms. The highest BCUT2D eigenvalue weighted by atomic mass is 28.3. The van der Waals surface area contributed by atoms with Crippen molar-refractivity contribution in [1.29, 1.82) is 0 Å². The van der Waals surface area contributed by atoms with Crippen molar-refractivity contribution in [1.82, 2.24) is 4.98 Å². The molecule has 0 amide bonds. The van der Waals surface area contributed by atoms with E-state index in [1.165, 1.54) is 13.2 Å². The minimum absolute atomic E-state index is 0.00364. The highest BCUT2D eigenvalue weighted by molar-refractivity contribution is 6.76. The quantitative estimate of drug-likeness (QED) is 0.0741. The Morgan fingerprint density at radius 3 is 2.11 bits per heavy atom. The van der Waals surface area contributed by atoms with Crippen LogP contribution in [0, 0.1) is 0 Å². The van der Waals surface area contributed by atoms with Crippen molar-refractivity contribution in [2.75, 3.05) is 20.5 Å². The molecular formula is C34H41F6NO4Si. The maximum atomic E-state index is 14.7. The van der Waals surface area contributed by atoms with E-state index in [-0.39, 0.29) is 18.3 Å². The summed E-state index contributed by atoms with van der Waals surface area (Å²) in [4.78, 5) is 4.00. The van der Waals surface area contributed by atoms with Gasteiger partial charge >= 0.3 is 12.4 Å². The summed E-state index contributed by atoms with van der Waals surface area (Å²) in [5, 5.41) is 0. The van der Waals surface area contributed by atoms with Crippen LogP contribution in [0.4, 0.5) is 26.3 Å². The van der Waals surface area contributed by atoms with Crippen LogP contribution in [0.25, 0.3) is 11.1 Å². The van der Waals surface area contributed by atoms with Crippen LogP contribution in [0.2, 0.25) is 25.7 Å². The molecule has 0 bridgehead atoms. The zero-order chi connectivity index (χ0) is 33.6. The van der Waals surface area contributed by atoms with Gasteiger partial charge < -0.3 is 18.9 Å². The van der Waals surface area contributed by atoms with Crippen LogP contribution >= 0.6 is 0 Å². The topological polar surface area (TPSA) is 49.8 Å². The van der Waals surface area contributed by atoms with Crippen molar-refractivity contribution in [2.45, 2.75) is 88.3 Å². The SMILES string of the molecule is COc1ccc(-c2cc(C(OCOCC[Si](C)(C)C)(C(F)(F)F)C(F)(F)F)ccc2CCc2ccncc2)cc1OC1CCCC1. The molecule has 2 aromatic carbocycles. The second-order valence-electron chi connectivity index (χ2n) is 12.8. The molecule has 0 N–H and O–H groups in total. The van der Waals surface area contributed by atoms with Gasteiger partial charge in [0.2, 0.25) is 0 Å². The Morgan fingerprint density at radius 1 is 0.826 bits per heavy atom. The Hall–Kier alpha value is -3.09. The van der Waals surface area contributed by atoms with Gasteiger partial charge in [-0.05, 0) is 97.2 Å². The fourth-order valence-corrected chi connectivity index (χ4v) is 6.29. The minimum Gasteiger partial charge on any atom is -0.493 e. The van der Waals surface area contributed by atoms with E-state index in [2.05, 4.69) is 4.98 Å². The molecule has 46 heavy (non-hydrogen) atoms. The molecule has 0 saturated heterocycles. The Morgan fingerprint density at radius 2 is 1.50 bits per heavy atom. The number of ether oxygens (including phenoxy) is 4. The fourth-order valence-electron chi connectivity index (χ4n) is 5.54. The number of aryl methyl sites for hydroxylation is 2. The van der Waals surface area contributed by atoms with Crippen molar-refractivity contribution in [3.63, 3.8) is 0 Å². The van der Waals surface area contributed by atoms with E-state index < -0.39 is 38.4 Å². The molecule has 1 aliphatic carbocycles. The molecule has 4 rings (SSSR count). The van der Waals surface area contributed by atoms with Crippen LogP contribution in [-0.2, 0) is 27.9 Å². The van der Waals surface area contributed by atoms with Crippen molar-refractivity contribution in [3.8, 4) is 22.6 Å². The van der Waals surface area contributed by atoms with Gasteiger partial charge in [-0.3, -0.25) is 4.98 Å². The van der Waals surface area contributed by atoms with E-state index in [0.29, 0.717) is 41.5 Å². The van der Waals surface area contributed by atoms with Gasteiger partial charge in [0.15, 0.2) is 11.5 Å². The monoisotopic (exact) mass is 669 g/mol. The van der Waals surface area contributed by atoms with Gasteiger partial charge in [0, 0.05) is 32.6 Å². The predicted octanol–water partition coefficient (Wildman–Crippen LogP) is 9.51. The second kappa shape index (κ2) is 14.8. The number of methoxy groups -OCH3 is 1. The third-order valence-electron chi connectivity index (χ3n) is 8.17. The molecule has 0 unspecified atom stereocenters. The molecule has 5 nitrogen and oxygen atoms in total. The van der Waals surface area contributed by atoms with E-state index in [1.54, 1.807) is 30.6 Å². The van der Waals surface area contributed by atoms with Gasteiger partial charge in [0.1, 0.15) is 6.79 Å². The number of hydrogen-bond donors (Lipinski definition) is 0. The maximum absolute atomic E-state index is 14.7. The lowest BCUT2D eigenvalue weighted by molar-refractivity contribution is -0.401. The number of benzene rings is 2. The summed E-state index contributed by atoms with van der Waals surface area (Å²) >= 11 is 0. The lowest BCUT2D eigenvalue weighted by Crippen LogP contribution is -2.56. The zero-order valence-corrected chi connectivity index (χ0v) is 27.6. The molecule has 3 aromatic rings. The molecule has 0 radical (unpaired) electrons. The molecule has 0 aliphatic heterocycles. The van der Waals surface area contributed by atoms with Gasteiger partial charge in [0.25, 0.3) is 5.60 Å². The molecule has 1 aromatic heterocycles. The average molecular weight is 670 g/mol. The average Bonchev–Trinajstić information content (AvgIpc) is 3.50. The summed E-state index contributed by atoms with van der Waals surface area (Å²) in [7, 11) is -0.172.